The molecule has 132 valence electrons. The number of hydrogen-bond donors (Lipinski definition) is 1. The van der Waals surface area contributed by atoms with Crippen LogP contribution in [-0.2, 0) is 28.4 Å². The topological polar surface area (TPSA) is 76.1 Å². The third kappa shape index (κ3) is 4.66. The highest BCUT2D eigenvalue weighted by Crippen LogP contribution is 2.23. The first-order valence-electron chi connectivity index (χ1n) is 8.53. The van der Waals surface area contributed by atoms with Gasteiger partial charge in [-0.25, -0.2) is 8.42 Å². The second kappa shape index (κ2) is 7.78. The predicted molar refractivity (Wildman–Crippen MR) is 97.1 cm³/mol. The molecule has 6 heteroatoms. The third-order valence-corrected chi connectivity index (χ3v) is 6.04. The first-order chi connectivity index (χ1) is 12.1. The number of amides is 1. The Morgan fingerprint density at radius 3 is 2.64 bits per heavy atom. The minimum atomic E-state index is -3.26. The Labute approximate surface area is 148 Å². The van der Waals surface area contributed by atoms with Crippen LogP contribution < -0.4 is 5.32 Å². The fourth-order valence-electron chi connectivity index (χ4n) is 3.17. The zero-order valence-corrected chi connectivity index (χ0v) is 14.9. The zero-order chi connectivity index (χ0) is 17.7. The van der Waals surface area contributed by atoms with Crippen LogP contribution in [0.1, 0.15) is 39.9 Å². The average molecular weight is 358 g/mol. The molecule has 0 radical (unpaired) electrons. The fraction of sp³-hybridized carbons (Fsp3) is 0.368. The molecule has 1 N–H and O–H groups in total. The smallest absolute Gasteiger partial charge is 0.253 e. The molecule has 0 fully saturated rings. The molecule has 3 rings (SSSR count). The molecule has 0 unspecified atom stereocenters. The number of sulfone groups is 1. The molecular weight excluding hydrogens is 336 g/mol. The van der Waals surface area contributed by atoms with Crippen molar-refractivity contribution in [3.63, 3.8) is 0 Å². The van der Waals surface area contributed by atoms with E-state index in [4.69, 9.17) is 0 Å². The lowest BCUT2D eigenvalue weighted by atomic mass is 9.90. The summed E-state index contributed by atoms with van der Waals surface area (Å²) < 4.78 is 24.4. The number of nitrogens with zero attached hydrogens (tertiary/aromatic N) is 1. The molecule has 0 spiro atoms. The predicted octanol–water partition coefficient (Wildman–Crippen LogP) is 2.31. The maximum atomic E-state index is 12.4. The van der Waals surface area contributed by atoms with E-state index in [9.17, 15) is 13.2 Å². The Morgan fingerprint density at radius 1 is 1.08 bits per heavy atom. The molecule has 0 saturated carbocycles. The van der Waals surface area contributed by atoms with Crippen LogP contribution in [0.25, 0.3) is 0 Å². The van der Waals surface area contributed by atoms with Crippen LogP contribution in [-0.4, -0.2) is 31.6 Å². The summed E-state index contributed by atoms with van der Waals surface area (Å²) in [5, 5.41) is 2.73. The van der Waals surface area contributed by atoms with Gasteiger partial charge in [0.1, 0.15) is 0 Å². The number of carbonyl (C=O) groups is 1. The lowest BCUT2D eigenvalue weighted by Gasteiger charge is -2.18. The van der Waals surface area contributed by atoms with E-state index in [1.807, 2.05) is 24.4 Å². The molecule has 1 aliphatic carbocycles. The SMILES string of the molecule is O=C(NCCS(=O)(=O)Cc1ccccc1)c1cncc2c1CCCC2. The molecule has 0 atom stereocenters. The minimum Gasteiger partial charge on any atom is -0.351 e. The summed E-state index contributed by atoms with van der Waals surface area (Å²) in [7, 11) is -3.26. The second-order valence-electron chi connectivity index (χ2n) is 6.37. The Bertz CT molecular complexity index is 848. The van der Waals surface area contributed by atoms with Gasteiger partial charge in [-0.1, -0.05) is 30.3 Å². The first-order valence-corrected chi connectivity index (χ1v) is 10.4. The number of benzene rings is 1. The van der Waals surface area contributed by atoms with Crippen molar-refractivity contribution < 1.29 is 13.2 Å². The molecular formula is C19H22N2O3S. The van der Waals surface area contributed by atoms with Gasteiger partial charge >= 0.3 is 0 Å². The molecule has 25 heavy (non-hydrogen) atoms. The van der Waals surface area contributed by atoms with Gasteiger partial charge in [-0.2, -0.15) is 0 Å². The number of hydrogen-bond acceptors (Lipinski definition) is 4. The molecule has 1 amide bonds. The average Bonchev–Trinajstić information content (AvgIpc) is 2.61. The van der Waals surface area contributed by atoms with Gasteiger partial charge in [-0.3, -0.25) is 9.78 Å². The Morgan fingerprint density at radius 2 is 1.84 bits per heavy atom. The van der Waals surface area contributed by atoms with Crippen LogP contribution >= 0.6 is 0 Å². The number of pyridine rings is 1. The Balaban J connectivity index is 1.58. The molecule has 5 nitrogen and oxygen atoms in total. The van der Waals surface area contributed by atoms with E-state index >= 15 is 0 Å². The van der Waals surface area contributed by atoms with Gasteiger partial charge in [-0.15, -0.1) is 0 Å². The van der Waals surface area contributed by atoms with Crippen molar-refractivity contribution in [3.05, 3.63) is 65.0 Å². The van der Waals surface area contributed by atoms with Gasteiger partial charge in [0.05, 0.1) is 17.1 Å². The van der Waals surface area contributed by atoms with Crippen molar-refractivity contribution in [1.82, 2.24) is 10.3 Å². The molecule has 1 aromatic carbocycles. The number of nitrogens with one attached hydrogen (secondary N) is 1. The van der Waals surface area contributed by atoms with Crippen LogP contribution in [0.5, 0.6) is 0 Å². The van der Waals surface area contributed by atoms with Crippen molar-refractivity contribution >= 4 is 15.7 Å². The molecule has 0 bridgehead atoms. The molecule has 0 aliphatic heterocycles. The van der Waals surface area contributed by atoms with Crippen LogP contribution in [0.2, 0.25) is 0 Å². The molecule has 1 aliphatic rings. The third-order valence-electron chi connectivity index (χ3n) is 4.44. The van der Waals surface area contributed by atoms with Gasteiger partial charge < -0.3 is 5.32 Å². The van der Waals surface area contributed by atoms with Gasteiger partial charge in [-0.05, 0) is 42.4 Å². The first kappa shape index (κ1) is 17.6. The standard InChI is InChI=1S/C19H22N2O3S/c22-19(18-13-20-12-16-8-4-5-9-17(16)18)21-10-11-25(23,24)14-15-6-2-1-3-7-15/h1-3,6-7,12-13H,4-5,8-11,14H2,(H,21,22). The highest BCUT2D eigenvalue weighted by atomic mass is 32.2. The van der Waals surface area contributed by atoms with Crippen molar-refractivity contribution in [2.75, 3.05) is 12.3 Å². The van der Waals surface area contributed by atoms with Crippen LogP contribution in [0, 0.1) is 0 Å². The number of aryl methyl sites for hydroxylation is 1. The van der Waals surface area contributed by atoms with Crippen molar-refractivity contribution in [2.45, 2.75) is 31.4 Å². The van der Waals surface area contributed by atoms with E-state index in [2.05, 4.69) is 10.3 Å². The summed E-state index contributed by atoms with van der Waals surface area (Å²) in [6.07, 6.45) is 7.44. The van der Waals surface area contributed by atoms with E-state index < -0.39 is 9.84 Å². The molecule has 0 saturated heterocycles. The summed E-state index contributed by atoms with van der Waals surface area (Å²) in [6, 6.07) is 9.07. The largest absolute Gasteiger partial charge is 0.351 e. The number of rotatable bonds is 6. The highest BCUT2D eigenvalue weighted by Gasteiger charge is 2.19. The zero-order valence-electron chi connectivity index (χ0n) is 14.1. The highest BCUT2D eigenvalue weighted by molar-refractivity contribution is 7.90. The summed E-state index contributed by atoms with van der Waals surface area (Å²) in [5.41, 5.74) is 3.54. The van der Waals surface area contributed by atoms with Crippen LogP contribution in [0.3, 0.4) is 0 Å². The summed E-state index contributed by atoms with van der Waals surface area (Å²) in [6.45, 7) is 0.109. The second-order valence-corrected chi connectivity index (χ2v) is 8.55. The number of aromatic nitrogens is 1. The van der Waals surface area contributed by atoms with Gasteiger partial charge in [0.2, 0.25) is 0 Å². The summed E-state index contributed by atoms with van der Waals surface area (Å²) in [4.78, 5) is 16.6. The maximum absolute atomic E-state index is 12.4. The van der Waals surface area contributed by atoms with Gasteiger partial charge in [0.25, 0.3) is 5.91 Å². The fourth-order valence-corrected chi connectivity index (χ4v) is 4.43. The van der Waals surface area contributed by atoms with Crippen molar-refractivity contribution in [3.8, 4) is 0 Å². The van der Waals surface area contributed by atoms with E-state index in [1.54, 1.807) is 18.3 Å². The summed E-state index contributed by atoms with van der Waals surface area (Å²) in [5.74, 6) is -0.316. The lowest BCUT2D eigenvalue weighted by molar-refractivity contribution is 0.0954. The van der Waals surface area contributed by atoms with Crippen molar-refractivity contribution in [2.24, 2.45) is 0 Å². The van der Waals surface area contributed by atoms with Crippen LogP contribution in [0.15, 0.2) is 42.7 Å². The van der Waals surface area contributed by atoms with E-state index in [0.717, 1.165) is 42.4 Å². The molecule has 1 heterocycles. The van der Waals surface area contributed by atoms with E-state index in [0.29, 0.717) is 5.56 Å². The number of fused-ring (bicyclic) bond motifs is 1. The van der Waals surface area contributed by atoms with Crippen molar-refractivity contribution in [1.29, 1.82) is 0 Å². The normalized spacial score (nSPS) is 13.9. The molecule has 1 aromatic heterocycles. The van der Waals surface area contributed by atoms with Crippen LogP contribution in [0.4, 0.5) is 0 Å². The van der Waals surface area contributed by atoms with E-state index in [1.165, 1.54) is 0 Å². The van der Waals surface area contributed by atoms with Gasteiger partial charge in [0, 0.05) is 18.9 Å². The quantitative estimate of drug-likeness (QED) is 0.860. The summed E-state index contributed by atoms with van der Waals surface area (Å²) >= 11 is 0. The van der Waals surface area contributed by atoms with Gasteiger partial charge in [0.15, 0.2) is 9.84 Å². The number of carbonyl (C=O) groups excluding carboxylic acids is 1. The minimum absolute atomic E-state index is 0.00794. The lowest BCUT2D eigenvalue weighted by Crippen LogP contribution is -2.30. The van der Waals surface area contributed by atoms with E-state index in [-0.39, 0.29) is 24.0 Å². The monoisotopic (exact) mass is 358 g/mol. The maximum Gasteiger partial charge on any atom is 0.253 e. The Kier molecular flexibility index (Phi) is 5.48. The Hall–Kier alpha value is -2.21. The molecule has 2 aromatic rings.